The van der Waals surface area contributed by atoms with E-state index in [0.717, 1.165) is 0 Å². The third-order valence-electron chi connectivity index (χ3n) is 1.38. The zero-order valence-corrected chi connectivity index (χ0v) is 10.1. The summed E-state index contributed by atoms with van der Waals surface area (Å²) in [7, 11) is 0. The normalized spacial score (nSPS) is 12.8. The molecule has 0 saturated carbocycles. The maximum absolute atomic E-state index is 2.28. The van der Waals surface area contributed by atoms with Crippen LogP contribution in [0.4, 0.5) is 0 Å². The van der Waals surface area contributed by atoms with Crippen molar-refractivity contribution in [2.45, 2.75) is 6.92 Å². The fourth-order valence-electron chi connectivity index (χ4n) is 0.791. The van der Waals surface area contributed by atoms with Gasteiger partial charge in [0, 0.05) is 0 Å². The molecule has 0 aromatic heterocycles. The second-order valence-corrected chi connectivity index (χ2v) is 9.28. The van der Waals surface area contributed by atoms with Crippen LogP contribution in [0.2, 0.25) is 0 Å². The minimum absolute atomic E-state index is 0.265. The van der Waals surface area contributed by atoms with Crippen LogP contribution in [0.25, 0.3) is 0 Å². The molecule has 0 radical (unpaired) electrons. The summed E-state index contributed by atoms with van der Waals surface area (Å²) in [5.41, 5.74) is 0. The Kier molecular flexibility index (Phi) is 4.36. The van der Waals surface area contributed by atoms with E-state index in [1.165, 1.54) is 44.2 Å². The molecule has 1 rings (SSSR count). The van der Waals surface area contributed by atoms with Gasteiger partial charge in [-0.2, -0.15) is 0 Å². The van der Waals surface area contributed by atoms with Gasteiger partial charge < -0.3 is 0 Å². The van der Waals surface area contributed by atoms with Crippen molar-refractivity contribution in [3.05, 3.63) is 30.3 Å². The molecule has 51 valence electrons. The fourth-order valence-corrected chi connectivity index (χ4v) is 3.12. The van der Waals surface area contributed by atoms with Gasteiger partial charge >= 0.3 is 89.5 Å². The Morgan fingerprint density at radius 3 is 2.40 bits per heavy atom. The molecule has 10 heavy (non-hydrogen) atoms. The molecular formula is C8H10NdP. The first-order valence-electron chi connectivity index (χ1n) is 3.38. The molecule has 0 aliphatic rings. The Labute approximate surface area is 88.5 Å². The van der Waals surface area contributed by atoms with Gasteiger partial charge in [-0.1, -0.05) is 0 Å². The third-order valence-corrected chi connectivity index (χ3v) is 8.47. The molecule has 0 aliphatic carbocycles. The molecule has 0 spiro atoms. The molecule has 0 N–H and O–H groups in total. The molecule has 1 unspecified atom stereocenters. The number of benzene rings is 1. The van der Waals surface area contributed by atoms with Crippen LogP contribution in [0.1, 0.15) is 6.92 Å². The van der Waals surface area contributed by atoms with Crippen molar-refractivity contribution in [3.63, 3.8) is 0 Å². The molecule has 0 fully saturated rings. The van der Waals surface area contributed by atoms with Crippen LogP contribution in [-0.4, -0.2) is 6.16 Å². The Morgan fingerprint density at radius 2 is 1.90 bits per heavy atom. The van der Waals surface area contributed by atoms with Crippen LogP contribution in [0, 0.1) is 38.0 Å². The van der Waals surface area contributed by atoms with Gasteiger partial charge in [0.25, 0.3) is 0 Å². The molecule has 0 bridgehead atoms. The summed E-state index contributed by atoms with van der Waals surface area (Å²) in [4.78, 5) is 0. The van der Waals surface area contributed by atoms with Gasteiger partial charge in [0.1, 0.15) is 0 Å². The average Bonchev–Trinajstić information content (AvgIpc) is 2.05. The molecule has 0 heterocycles. The van der Waals surface area contributed by atoms with Gasteiger partial charge in [0.2, 0.25) is 0 Å². The molecule has 0 saturated heterocycles. The molecule has 1 aromatic carbocycles. The van der Waals surface area contributed by atoms with E-state index in [-0.39, 0.29) is 2.81 Å². The average molecular weight is 281 g/mol. The summed E-state index contributed by atoms with van der Waals surface area (Å²) in [6.45, 7) is 2.28. The van der Waals surface area contributed by atoms with Gasteiger partial charge in [0.15, 0.2) is 0 Å². The molecule has 2 heteroatoms. The minimum atomic E-state index is 0.265. The quantitative estimate of drug-likeness (QED) is 0.730. The van der Waals surface area contributed by atoms with E-state index in [1.807, 2.05) is 0 Å². The van der Waals surface area contributed by atoms with Crippen molar-refractivity contribution in [1.29, 1.82) is 0 Å². The van der Waals surface area contributed by atoms with E-state index < -0.39 is 0 Å². The van der Waals surface area contributed by atoms with Crippen molar-refractivity contribution in [2.75, 3.05) is 6.16 Å². The van der Waals surface area contributed by atoms with Crippen molar-refractivity contribution < 1.29 is 38.0 Å². The summed E-state index contributed by atoms with van der Waals surface area (Å²) in [6, 6.07) is 10.9. The van der Waals surface area contributed by atoms with Crippen LogP contribution in [0.3, 0.4) is 0 Å². The first-order valence-corrected chi connectivity index (χ1v) is 9.21. The summed E-state index contributed by atoms with van der Waals surface area (Å²) in [5.74, 6) is 0. The zero-order valence-electron chi connectivity index (χ0n) is 6.04. The zero-order chi connectivity index (χ0) is 7.40. The van der Waals surface area contributed by atoms with E-state index >= 15 is 0 Å². The van der Waals surface area contributed by atoms with Gasteiger partial charge in [-0.05, 0) is 0 Å². The second-order valence-electron chi connectivity index (χ2n) is 2.08. The molecule has 0 amide bonds. The number of hydrogen-bond acceptors (Lipinski definition) is 0. The summed E-state index contributed by atoms with van der Waals surface area (Å²) in [5, 5.41) is 1.58. The van der Waals surface area contributed by atoms with Gasteiger partial charge in [-0.25, -0.2) is 0 Å². The van der Waals surface area contributed by atoms with Gasteiger partial charge in [-0.3, -0.25) is 0 Å². The summed E-state index contributed by atoms with van der Waals surface area (Å²) < 4.78 is 0.265. The fraction of sp³-hybridized carbons (Fsp3) is 0.250. The number of rotatable bonds is 2. The molecular weight excluding hydrogens is 271 g/mol. The van der Waals surface area contributed by atoms with Crippen LogP contribution < -0.4 is 5.30 Å². The van der Waals surface area contributed by atoms with Gasteiger partial charge in [0.05, 0.1) is 0 Å². The summed E-state index contributed by atoms with van der Waals surface area (Å²) >= 11 is 1.34. The molecule has 0 aliphatic heterocycles. The maximum atomic E-state index is 2.28. The van der Waals surface area contributed by atoms with E-state index in [2.05, 4.69) is 37.3 Å². The van der Waals surface area contributed by atoms with E-state index in [4.69, 9.17) is 0 Å². The molecule has 1 aromatic rings. The first-order chi connectivity index (χ1) is 4.84. The van der Waals surface area contributed by atoms with Crippen LogP contribution >= 0.6 is 2.81 Å². The second kappa shape index (κ2) is 4.79. The monoisotopic (exact) mass is 279 g/mol. The Balaban J connectivity index is 2.75. The van der Waals surface area contributed by atoms with E-state index in [1.54, 1.807) is 5.30 Å². The standard InChI is InChI=1S/C8H10P.Nd/c1-2-9-8-6-4-3-5-7-8;/h3-7H,2H2,1H3;/q-1;+1. The molecule has 1 atom stereocenters. The number of hydrogen-bond donors (Lipinski definition) is 0. The van der Waals surface area contributed by atoms with Crippen molar-refractivity contribution in [1.82, 2.24) is 0 Å². The van der Waals surface area contributed by atoms with Crippen LogP contribution in [-0.2, 0) is 0 Å². The first kappa shape index (κ1) is 9.09. The predicted molar refractivity (Wildman–Crippen MR) is 43.5 cm³/mol. The van der Waals surface area contributed by atoms with Gasteiger partial charge in [-0.15, -0.1) is 0 Å². The Bertz CT molecular complexity index is 186. The van der Waals surface area contributed by atoms with Crippen molar-refractivity contribution >= 4 is 8.12 Å². The SMILES string of the molecule is CC[P]([Nd])c1ccccc1. The Morgan fingerprint density at radius 1 is 1.30 bits per heavy atom. The molecule has 0 nitrogen and oxygen atoms in total. The van der Waals surface area contributed by atoms with E-state index in [9.17, 15) is 0 Å². The van der Waals surface area contributed by atoms with Crippen LogP contribution in [0.5, 0.6) is 0 Å². The third kappa shape index (κ3) is 2.56. The predicted octanol–water partition coefficient (Wildman–Crippen LogP) is 2.28. The van der Waals surface area contributed by atoms with Crippen LogP contribution in [0.15, 0.2) is 30.3 Å². The Hall–Kier alpha value is 1.00. The van der Waals surface area contributed by atoms with Crippen molar-refractivity contribution in [2.24, 2.45) is 0 Å². The topological polar surface area (TPSA) is 0 Å². The van der Waals surface area contributed by atoms with E-state index in [0.29, 0.717) is 0 Å². The summed E-state index contributed by atoms with van der Waals surface area (Å²) in [6.07, 6.45) is 1.35. The van der Waals surface area contributed by atoms with Crippen molar-refractivity contribution in [3.8, 4) is 0 Å².